The van der Waals surface area contributed by atoms with E-state index in [1.807, 2.05) is 29.6 Å². The minimum Gasteiger partial charge on any atom is -0.493 e. The molecule has 1 aromatic heterocycles. The fourth-order valence-electron chi connectivity index (χ4n) is 3.42. The number of thiocarbonyl (C=S) groups is 1. The highest BCUT2D eigenvalue weighted by molar-refractivity contribution is 7.80. The van der Waals surface area contributed by atoms with Crippen molar-refractivity contribution in [2.24, 2.45) is 0 Å². The maximum atomic E-state index is 12.7. The van der Waals surface area contributed by atoms with Crippen LogP contribution in [0.2, 0.25) is 0 Å². The monoisotopic (exact) mass is 479 g/mol. The number of ether oxygens (including phenoxy) is 3. The van der Waals surface area contributed by atoms with Gasteiger partial charge >= 0.3 is 0 Å². The Bertz CT molecular complexity index is 1310. The van der Waals surface area contributed by atoms with Crippen LogP contribution >= 0.6 is 23.6 Å². The van der Waals surface area contributed by atoms with E-state index in [1.54, 1.807) is 12.1 Å². The molecule has 0 aliphatic carbocycles. The quantitative estimate of drug-likeness (QED) is 0.372. The molecule has 4 aromatic rings. The topological polar surface area (TPSA) is 81.7 Å². The lowest BCUT2D eigenvalue weighted by atomic mass is 10.0. The SMILES string of the molecule is COc1cc(C(=O)NC(=S)Nc2nc(-c3cccc4ccccc34)cs2)cc(OC)c1OC. The Kier molecular flexibility index (Phi) is 6.71. The van der Waals surface area contributed by atoms with Crippen molar-refractivity contribution in [2.45, 2.75) is 0 Å². The highest BCUT2D eigenvalue weighted by atomic mass is 32.1. The first-order valence-corrected chi connectivity index (χ1v) is 11.2. The lowest BCUT2D eigenvalue weighted by molar-refractivity contribution is 0.0977. The molecule has 9 heteroatoms. The van der Waals surface area contributed by atoms with E-state index in [-0.39, 0.29) is 5.11 Å². The molecule has 0 atom stereocenters. The van der Waals surface area contributed by atoms with Crippen LogP contribution in [-0.4, -0.2) is 37.3 Å². The largest absolute Gasteiger partial charge is 0.493 e. The smallest absolute Gasteiger partial charge is 0.257 e. The summed E-state index contributed by atoms with van der Waals surface area (Å²) in [4.78, 5) is 17.4. The van der Waals surface area contributed by atoms with Crippen molar-refractivity contribution in [3.63, 3.8) is 0 Å². The highest BCUT2D eigenvalue weighted by Crippen LogP contribution is 2.38. The van der Waals surface area contributed by atoms with Gasteiger partial charge in [0.1, 0.15) is 0 Å². The molecule has 4 rings (SSSR count). The van der Waals surface area contributed by atoms with Gasteiger partial charge < -0.3 is 19.5 Å². The molecule has 168 valence electrons. The molecular formula is C24H21N3O4S2. The summed E-state index contributed by atoms with van der Waals surface area (Å²) in [6, 6.07) is 17.4. The first-order chi connectivity index (χ1) is 16.0. The third-order valence-electron chi connectivity index (χ3n) is 4.94. The van der Waals surface area contributed by atoms with Gasteiger partial charge in [-0.2, -0.15) is 0 Å². The van der Waals surface area contributed by atoms with Crippen molar-refractivity contribution in [1.29, 1.82) is 0 Å². The van der Waals surface area contributed by atoms with Crippen molar-refractivity contribution in [1.82, 2.24) is 10.3 Å². The van der Waals surface area contributed by atoms with Crippen LogP contribution in [0, 0.1) is 0 Å². The number of thiazole rings is 1. The summed E-state index contributed by atoms with van der Waals surface area (Å²) in [5.74, 6) is 0.736. The molecule has 0 saturated carbocycles. The number of nitrogens with one attached hydrogen (secondary N) is 2. The summed E-state index contributed by atoms with van der Waals surface area (Å²) in [6.45, 7) is 0. The molecule has 2 N–H and O–H groups in total. The number of methoxy groups -OCH3 is 3. The summed E-state index contributed by atoms with van der Waals surface area (Å²) in [5.41, 5.74) is 2.17. The van der Waals surface area contributed by atoms with Crippen molar-refractivity contribution in [2.75, 3.05) is 26.6 Å². The first-order valence-electron chi connectivity index (χ1n) is 9.90. The average Bonchev–Trinajstić information content (AvgIpc) is 3.30. The second kappa shape index (κ2) is 9.85. The van der Waals surface area contributed by atoms with Crippen LogP contribution < -0.4 is 24.8 Å². The van der Waals surface area contributed by atoms with E-state index in [0.29, 0.717) is 27.9 Å². The number of hydrogen-bond donors (Lipinski definition) is 2. The highest BCUT2D eigenvalue weighted by Gasteiger charge is 2.18. The van der Waals surface area contributed by atoms with Gasteiger partial charge in [0.15, 0.2) is 21.7 Å². The van der Waals surface area contributed by atoms with Crippen LogP contribution in [0.5, 0.6) is 17.2 Å². The van der Waals surface area contributed by atoms with E-state index in [9.17, 15) is 4.79 Å². The van der Waals surface area contributed by atoms with Crippen molar-refractivity contribution >= 4 is 50.5 Å². The lowest BCUT2D eigenvalue weighted by Gasteiger charge is -2.14. The molecule has 0 saturated heterocycles. The molecule has 0 spiro atoms. The van der Waals surface area contributed by atoms with Crippen LogP contribution in [0.25, 0.3) is 22.0 Å². The zero-order valence-electron chi connectivity index (χ0n) is 18.2. The molecule has 33 heavy (non-hydrogen) atoms. The molecule has 7 nitrogen and oxygen atoms in total. The number of anilines is 1. The molecule has 1 heterocycles. The van der Waals surface area contributed by atoms with Crippen LogP contribution in [0.15, 0.2) is 60.0 Å². The Labute approximate surface area is 200 Å². The second-order valence-electron chi connectivity index (χ2n) is 6.89. The van der Waals surface area contributed by atoms with Crippen molar-refractivity contribution < 1.29 is 19.0 Å². The maximum absolute atomic E-state index is 12.7. The number of nitrogens with zero attached hydrogens (tertiary/aromatic N) is 1. The summed E-state index contributed by atoms with van der Waals surface area (Å²) >= 11 is 6.73. The Hall–Kier alpha value is -3.69. The van der Waals surface area contributed by atoms with Gasteiger partial charge in [-0.25, -0.2) is 4.98 Å². The Morgan fingerprint density at radius 2 is 1.67 bits per heavy atom. The van der Waals surface area contributed by atoms with E-state index in [4.69, 9.17) is 26.4 Å². The number of carbonyl (C=O) groups is 1. The molecule has 0 fully saturated rings. The van der Waals surface area contributed by atoms with Crippen LogP contribution in [0.1, 0.15) is 10.4 Å². The Balaban J connectivity index is 1.49. The minimum absolute atomic E-state index is 0.132. The summed E-state index contributed by atoms with van der Waals surface area (Å²) < 4.78 is 15.9. The number of hydrogen-bond acceptors (Lipinski definition) is 7. The van der Waals surface area contributed by atoms with E-state index in [1.165, 1.54) is 32.7 Å². The average molecular weight is 480 g/mol. The van der Waals surface area contributed by atoms with Crippen LogP contribution in [0.4, 0.5) is 5.13 Å². The van der Waals surface area contributed by atoms with Crippen LogP contribution in [0.3, 0.4) is 0 Å². The van der Waals surface area contributed by atoms with Crippen LogP contribution in [-0.2, 0) is 0 Å². The number of rotatable bonds is 6. The number of fused-ring (bicyclic) bond motifs is 1. The van der Waals surface area contributed by atoms with Gasteiger partial charge in [-0.05, 0) is 35.1 Å². The normalized spacial score (nSPS) is 10.5. The first kappa shape index (κ1) is 22.5. The van der Waals surface area contributed by atoms with Gasteiger partial charge in [-0.3, -0.25) is 10.1 Å². The van der Waals surface area contributed by atoms with Gasteiger partial charge in [0, 0.05) is 16.5 Å². The third kappa shape index (κ3) is 4.74. The molecule has 3 aromatic carbocycles. The van der Waals surface area contributed by atoms with Gasteiger partial charge in [0.25, 0.3) is 5.91 Å². The fourth-order valence-corrected chi connectivity index (χ4v) is 4.39. The van der Waals surface area contributed by atoms with Crippen molar-refractivity contribution in [3.8, 4) is 28.5 Å². The number of aromatic nitrogens is 1. The second-order valence-corrected chi connectivity index (χ2v) is 8.15. The Morgan fingerprint density at radius 3 is 2.36 bits per heavy atom. The molecule has 0 bridgehead atoms. The number of carbonyl (C=O) groups excluding carboxylic acids is 1. The van der Waals surface area contributed by atoms with Crippen molar-refractivity contribution in [3.05, 3.63) is 65.5 Å². The zero-order valence-corrected chi connectivity index (χ0v) is 19.8. The van der Waals surface area contributed by atoms with Gasteiger partial charge in [0.2, 0.25) is 5.75 Å². The van der Waals surface area contributed by atoms with Gasteiger partial charge in [-0.15, -0.1) is 11.3 Å². The van der Waals surface area contributed by atoms with E-state index in [0.717, 1.165) is 22.0 Å². The predicted octanol–water partition coefficient (Wildman–Crippen LogP) is 5.12. The molecule has 0 aliphatic heterocycles. The Morgan fingerprint density at radius 1 is 0.970 bits per heavy atom. The summed E-state index contributed by atoms with van der Waals surface area (Å²) in [5, 5.41) is 10.6. The fraction of sp³-hybridized carbons (Fsp3) is 0.125. The number of amides is 1. The lowest BCUT2D eigenvalue weighted by Crippen LogP contribution is -2.34. The minimum atomic E-state index is -0.419. The van der Waals surface area contributed by atoms with Gasteiger partial charge in [-0.1, -0.05) is 42.5 Å². The zero-order chi connectivity index (χ0) is 23.4. The molecule has 1 amide bonds. The molecule has 0 unspecified atom stereocenters. The van der Waals surface area contributed by atoms with E-state index < -0.39 is 5.91 Å². The third-order valence-corrected chi connectivity index (χ3v) is 5.91. The van der Waals surface area contributed by atoms with E-state index >= 15 is 0 Å². The molecular weight excluding hydrogens is 458 g/mol. The molecule has 0 aliphatic rings. The summed E-state index contributed by atoms with van der Waals surface area (Å²) in [7, 11) is 4.47. The van der Waals surface area contributed by atoms with E-state index in [2.05, 4.69) is 33.8 Å². The predicted molar refractivity (Wildman–Crippen MR) is 135 cm³/mol. The summed E-state index contributed by atoms with van der Waals surface area (Å²) in [6.07, 6.45) is 0. The maximum Gasteiger partial charge on any atom is 0.257 e. The van der Waals surface area contributed by atoms with Gasteiger partial charge in [0.05, 0.1) is 27.0 Å². The number of benzene rings is 3. The molecule has 0 radical (unpaired) electrons. The standard InChI is InChI=1S/C24H21N3O4S2/c1-29-19-11-15(12-20(30-2)21(19)31-3)22(28)26-23(32)27-24-25-18(13-33-24)17-10-6-8-14-7-4-5-9-16(14)17/h4-13H,1-3H3,(H2,25,26,27,28,32).